The Bertz CT molecular complexity index is 287. The fourth-order valence-corrected chi connectivity index (χ4v) is 1.33. The SMILES string of the molecule is C/C=C\c1c(CC)ccnc1C. The van der Waals surface area contributed by atoms with Crippen LogP contribution in [0.5, 0.6) is 0 Å². The number of aryl methyl sites for hydroxylation is 2. The fourth-order valence-electron chi connectivity index (χ4n) is 1.33. The number of allylic oxidation sites excluding steroid dienone is 1. The molecule has 0 spiro atoms. The van der Waals surface area contributed by atoms with Crippen molar-refractivity contribution in [3.63, 3.8) is 0 Å². The predicted octanol–water partition coefficient (Wildman–Crippen LogP) is 2.99. The first-order valence-corrected chi connectivity index (χ1v) is 4.36. The van der Waals surface area contributed by atoms with Gasteiger partial charge in [-0.1, -0.05) is 19.1 Å². The van der Waals surface area contributed by atoms with Gasteiger partial charge in [-0.25, -0.2) is 0 Å². The van der Waals surface area contributed by atoms with Crippen LogP contribution in [0.15, 0.2) is 18.3 Å². The molecule has 1 aromatic rings. The minimum Gasteiger partial charge on any atom is -0.261 e. The lowest BCUT2D eigenvalue weighted by Gasteiger charge is -2.04. The molecular weight excluding hydrogens is 146 g/mol. The van der Waals surface area contributed by atoms with Crippen LogP contribution in [0.2, 0.25) is 0 Å². The van der Waals surface area contributed by atoms with Crippen LogP contribution < -0.4 is 0 Å². The van der Waals surface area contributed by atoms with Crippen LogP contribution in [0.1, 0.15) is 30.7 Å². The van der Waals surface area contributed by atoms with Crippen LogP contribution >= 0.6 is 0 Å². The molecule has 0 atom stereocenters. The van der Waals surface area contributed by atoms with Crippen LogP contribution in [-0.4, -0.2) is 4.98 Å². The molecule has 1 nitrogen and oxygen atoms in total. The van der Waals surface area contributed by atoms with Crippen LogP contribution in [-0.2, 0) is 6.42 Å². The highest BCUT2D eigenvalue weighted by Gasteiger charge is 1.99. The van der Waals surface area contributed by atoms with Gasteiger partial charge in [-0.3, -0.25) is 4.98 Å². The number of hydrogen-bond donors (Lipinski definition) is 0. The molecule has 0 aromatic carbocycles. The third-order valence-electron chi connectivity index (χ3n) is 1.99. The van der Waals surface area contributed by atoms with Crippen molar-refractivity contribution in [1.29, 1.82) is 0 Å². The Morgan fingerprint density at radius 1 is 1.50 bits per heavy atom. The van der Waals surface area contributed by atoms with E-state index < -0.39 is 0 Å². The van der Waals surface area contributed by atoms with Gasteiger partial charge in [-0.15, -0.1) is 0 Å². The van der Waals surface area contributed by atoms with Gasteiger partial charge in [0.05, 0.1) is 0 Å². The Kier molecular flexibility index (Phi) is 3.03. The summed E-state index contributed by atoms with van der Waals surface area (Å²) in [6.45, 7) is 6.25. The molecule has 1 aromatic heterocycles. The first-order valence-electron chi connectivity index (χ1n) is 4.36. The molecule has 1 heterocycles. The highest BCUT2D eigenvalue weighted by atomic mass is 14.7. The molecule has 0 amide bonds. The van der Waals surface area contributed by atoms with E-state index >= 15 is 0 Å². The number of pyridine rings is 1. The van der Waals surface area contributed by atoms with Gasteiger partial charge in [-0.05, 0) is 37.5 Å². The third-order valence-corrected chi connectivity index (χ3v) is 1.99. The number of aromatic nitrogens is 1. The third kappa shape index (κ3) is 1.73. The highest BCUT2D eigenvalue weighted by molar-refractivity contribution is 5.55. The number of hydrogen-bond acceptors (Lipinski definition) is 1. The first kappa shape index (κ1) is 8.98. The summed E-state index contributed by atoms with van der Waals surface area (Å²) in [5, 5.41) is 0. The fraction of sp³-hybridized carbons (Fsp3) is 0.364. The zero-order valence-electron chi connectivity index (χ0n) is 7.96. The molecule has 0 aliphatic carbocycles. The normalized spacial score (nSPS) is 10.9. The lowest BCUT2D eigenvalue weighted by atomic mass is 10.0. The van der Waals surface area contributed by atoms with Crippen molar-refractivity contribution in [2.75, 3.05) is 0 Å². The van der Waals surface area contributed by atoms with Gasteiger partial charge in [0.25, 0.3) is 0 Å². The van der Waals surface area contributed by atoms with Crippen LogP contribution in [0.3, 0.4) is 0 Å². The van der Waals surface area contributed by atoms with Crippen molar-refractivity contribution in [2.24, 2.45) is 0 Å². The van der Waals surface area contributed by atoms with Crippen molar-refractivity contribution < 1.29 is 0 Å². The van der Waals surface area contributed by atoms with E-state index in [0.717, 1.165) is 12.1 Å². The topological polar surface area (TPSA) is 12.9 Å². The molecule has 0 bridgehead atoms. The molecule has 0 aliphatic heterocycles. The van der Waals surface area contributed by atoms with E-state index in [2.05, 4.69) is 37.0 Å². The minimum absolute atomic E-state index is 1.07. The quantitative estimate of drug-likeness (QED) is 0.649. The lowest BCUT2D eigenvalue weighted by molar-refractivity contribution is 1.08. The predicted molar refractivity (Wildman–Crippen MR) is 53.1 cm³/mol. The van der Waals surface area contributed by atoms with E-state index in [1.54, 1.807) is 0 Å². The van der Waals surface area contributed by atoms with Gasteiger partial charge in [0.15, 0.2) is 0 Å². The summed E-state index contributed by atoms with van der Waals surface area (Å²) >= 11 is 0. The van der Waals surface area contributed by atoms with Crippen molar-refractivity contribution in [3.05, 3.63) is 35.2 Å². The Hall–Kier alpha value is -1.11. The van der Waals surface area contributed by atoms with Crippen molar-refractivity contribution in [2.45, 2.75) is 27.2 Å². The zero-order valence-corrected chi connectivity index (χ0v) is 7.96. The monoisotopic (exact) mass is 161 g/mol. The summed E-state index contributed by atoms with van der Waals surface area (Å²) in [4.78, 5) is 4.26. The minimum atomic E-state index is 1.07. The van der Waals surface area contributed by atoms with Gasteiger partial charge < -0.3 is 0 Å². The van der Waals surface area contributed by atoms with E-state index in [0.29, 0.717) is 0 Å². The van der Waals surface area contributed by atoms with Crippen LogP contribution in [0.4, 0.5) is 0 Å². The van der Waals surface area contributed by atoms with Crippen molar-refractivity contribution in [3.8, 4) is 0 Å². The van der Waals surface area contributed by atoms with Gasteiger partial charge in [0.1, 0.15) is 0 Å². The lowest BCUT2D eigenvalue weighted by Crippen LogP contribution is -1.92. The molecule has 12 heavy (non-hydrogen) atoms. The number of rotatable bonds is 2. The molecule has 1 heteroatoms. The number of nitrogens with zero attached hydrogens (tertiary/aromatic N) is 1. The summed E-state index contributed by atoms with van der Waals surface area (Å²) in [7, 11) is 0. The summed E-state index contributed by atoms with van der Waals surface area (Å²) in [5.41, 5.74) is 3.77. The molecule has 64 valence electrons. The van der Waals surface area contributed by atoms with Crippen molar-refractivity contribution in [1.82, 2.24) is 4.98 Å². The molecule has 0 unspecified atom stereocenters. The molecular formula is C11H15N. The van der Waals surface area contributed by atoms with E-state index in [1.807, 2.05) is 13.1 Å². The van der Waals surface area contributed by atoms with Crippen molar-refractivity contribution >= 4 is 6.08 Å². The van der Waals surface area contributed by atoms with Crippen LogP contribution in [0.25, 0.3) is 6.08 Å². The smallest absolute Gasteiger partial charge is 0.0447 e. The molecule has 0 saturated heterocycles. The maximum atomic E-state index is 4.26. The second-order valence-electron chi connectivity index (χ2n) is 2.82. The van der Waals surface area contributed by atoms with Gasteiger partial charge in [-0.2, -0.15) is 0 Å². The zero-order chi connectivity index (χ0) is 8.97. The Balaban J connectivity index is 3.19. The summed E-state index contributed by atoms with van der Waals surface area (Å²) in [6, 6.07) is 2.09. The molecule has 1 rings (SSSR count). The van der Waals surface area contributed by atoms with Gasteiger partial charge in [0, 0.05) is 11.9 Å². The van der Waals surface area contributed by atoms with Crippen LogP contribution in [0, 0.1) is 6.92 Å². The van der Waals surface area contributed by atoms with E-state index in [-0.39, 0.29) is 0 Å². The second-order valence-corrected chi connectivity index (χ2v) is 2.82. The molecule has 0 N–H and O–H groups in total. The molecule has 0 aliphatic rings. The largest absolute Gasteiger partial charge is 0.261 e. The Morgan fingerprint density at radius 2 is 2.25 bits per heavy atom. The average molecular weight is 161 g/mol. The molecule has 0 saturated carbocycles. The molecule has 0 radical (unpaired) electrons. The van der Waals surface area contributed by atoms with E-state index in [9.17, 15) is 0 Å². The second kappa shape index (κ2) is 4.05. The highest BCUT2D eigenvalue weighted by Crippen LogP contribution is 2.13. The van der Waals surface area contributed by atoms with E-state index in [1.165, 1.54) is 11.1 Å². The maximum Gasteiger partial charge on any atom is 0.0447 e. The van der Waals surface area contributed by atoms with E-state index in [4.69, 9.17) is 0 Å². The first-order chi connectivity index (χ1) is 5.79. The summed E-state index contributed by atoms with van der Waals surface area (Å²) in [6.07, 6.45) is 7.13. The Morgan fingerprint density at radius 3 is 2.83 bits per heavy atom. The summed E-state index contributed by atoms with van der Waals surface area (Å²) in [5.74, 6) is 0. The van der Waals surface area contributed by atoms with Gasteiger partial charge in [0.2, 0.25) is 0 Å². The Labute approximate surface area is 74.2 Å². The maximum absolute atomic E-state index is 4.26. The standard InChI is InChI=1S/C11H15N/c1-4-6-11-9(3)12-8-7-10(11)5-2/h4,6-8H,5H2,1-3H3/b6-4-. The van der Waals surface area contributed by atoms with Gasteiger partial charge >= 0.3 is 0 Å². The molecule has 0 fully saturated rings. The average Bonchev–Trinajstić information content (AvgIpc) is 2.09. The summed E-state index contributed by atoms with van der Waals surface area (Å²) < 4.78 is 0.